The standard InChI is InChI=1S/C17H25NO/c1-2-3-4-8-13-18-14-9-12-17(19)15-16-10-6-5-7-11-16/h5-7,9-12,18H,2-4,8,13-15H2,1H3/b12-9-. The van der Waals surface area contributed by atoms with Gasteiger partial charge in [-0.2, -0.15) is 0 Å². The molecule has 1 rings (SSSR count). The summed E-state index contributed by atoms with van der Waals surface area (Å²) in [4.78, 5) is 11.7. The van der Waals surface area contributed by atoms with Crippen molar-refractivity contribution >= 4 is 5.78 Å². The van der Waals surface area contributed by atoms with Gasteiger partial charge < -0.3 is 5.32 Å². The highest BCUT2D eigenvalue weighted by Crippen LogP contribution is 2.00. The molecule has 0 aliphatic carbocycles. The number of ketones is 1. The van der Waals surface area contributed by atoms with Gasteiger partial charge in [-0.05, 0) is 24.6 Å². The first-order valence-corrected chi connectivity index (χ1v) is 7.27. The number of carbonyl (C=O) groups is 1. The minimum Gasteiger partial charge on any atom is -0.313 e. The van der Waals surface area contributed by atoms with Crippen LogP contribution in [0.5, 0.6) is 0 Å². The van der Waals surface area contributed by atoms with Crippen LogP contribution in [0.3, 0.4) is 0 Å². The third-order valence-electron chi connectivity index (χ3n) is 2.99. The number of allylic oxidation sites excluding steroid dienone is 1. The van der Waals surface area contributed by atoms with Crippen molar-refractivity contribution in [1.82, 2.24) is 5.32 Å². The molecule has 1 aromatic carbocycles. The van der Waals surface area contributed by atoms with Gasteiger partial charge in [0.25, 0.3) is 0 Å². The Kier molecular flexibility index (Phi) is 8.65. The van der Waals surface area contributed by atoms with E-state index in [1.54, 1.807) is 6.08 Å². The molecule has 0 aliphatic heterocycles. The molecule has 0 radical (unpaired) electrons. The highest BCUT2D eigenvalue weighted by molar-refractivity contribution is 5.91. The summed E-state index contributed by atoms with van der Waals surface area (Å²) < 4.78 is 0. The number of hydrogen-bond acceptors (Lipinski definition) is 2. The fraction of sp³-hybridized carbons (Fsp3) is 0.471. The second kappa shape index (κ2) is 10.5. The average Bonchev–Trinajstić information content (AvgIpc) is 2.43. The summed E-state index contributed by atoms with van der Waals surface area (Å²) in [5.41, 5.74) is 1.07. The molecule has 104 valence electrons. The fourth-order valence-electron chi connectivity index (χ4n) is 1.91. The van der Waals surface area contributed by atoms with E-state index in [4.69, 9.17) is 0 Å². The molecule has 19 heavy (non-hydrogen) atoms. The summed E-state index contributed by atoms with van der Waals surface area (Å²) in [6.45, 7) is 4.04. The Morgan fingerprint density at radius 3 is 2.68 bits per heavy atom. The van der Waals surface area contributed by atoms with E-state index in [1.165, 1.54) is 25.7 Å². The molecule has 0 bridgehead atoms. The zero-order chi connectivity index (χ0) is 13.8. The maximum Gasteiger partial charge on any atom is 0.159 e. The average molecular weight is 259 g/mol. The number of carbonyl (C=O) groups excluding carboxylic acids is 1. The van der Waals surface area contributed by atoms with Gasteiger partial charge in [0, 0.05) is 13.0 Å². The molecule has 1 aromatic rings. The molecular formula is C17H25NO. The van der Waals surface area contributed by atoms with Crippen molar-refractivity contribution < 1.29 is 4.79 Å². The third kappa shape index (κ3) is 8.33. The molecule has 0 fully saturated rings. The molecule has 2 nitrogen and oxygen atoms in total. The zero-order valence-corrected chi connectivity index (χ0v) is 11.9. The molecule has 0 aliphatic rings. The normalized spacial score (nSPS) is 11.0. The Balaban J connectivity index is 2.07. The molecule has 0 spiro atoms. The number of rotatable bonds is 10. The van der Waals surface area contributed by atoms with E-state index >= 15 is 0 Å². The van der Waals surface area contributed by atoms with Crippen LogP contribution >= 0.6 is 0 Å². The van der Waals surface area contributed by atoms with E-state index in [1.807, 2.05) is 36.4 Å². The van der Waals surface area contributed by atoms with Crippen LogP contribution < -0.4 is 5.32 Å². The van der Waals surface area contributed by atoms with Crippen LogP contribution in [0.15, 0.2) is 42.5 Å². The summed E-state index contributed by atoms with van der Waals surface area (Å²) in [6, 6.07) is 9.86. The highest BCUT2D eigenvalue weighted by atomic mass is 16.1. The minimum absolute atomic E-state index is 0.166. The second-order valence-corrected chi connectivity index (χ2v) is 4.80. The topological polar surface area (TPSA) is 29.1 Å². The highest BCUT2D eigenvalue weighted by Gasteiger charge is 1.97. The van der Waals surface area contributed by atoms with Crippen molar-refractivity contribution in [2.75, 3.05) is 13.1 Å². The Morgan fingerprint density at radius 1 is 1.16 bits per heavy atom. The minimum atomic E-state index is 0.166. The van der Waals surface area contributed by atoms with Crippen LogP contribution in [0.2, 0.25) is 0 Å². The van der Waals surface area contributed by atoms with Gasteiger partial charge in [-0.1, -0.05) is 62.6 Å². The van der Waals surface area contributed by atoms with Crippen LogP contribution in [-0.2, 0) is 11.2 Å². The quantitative estimate of drug-likeness (QED) is 0.514. The van der Waals surface area contributed by atoms with Crippen molar-refractivity contribution in [3.05, 3.63) is 48.0 Å². The summed E-state index contributed by atoms with van der Waals surface area (Å²) >= 11 is 0. The van der Waals surface area contributed by atoms with Gasteiger partial charge in [0.2, 0.25) is 0 Å². The molecule has 0 amide bonds. The Hall–Kier alpha value is -1.41. The predicted molar refractivity (Wildman–Crippen MR) is 81.3 cm³/mol. The summed E-state index contributed by atoms with van der Waals surface area (Å²) in [7, 11) is 0. The molecule has 0 unspecified atom stereocenters. The van der Waals surface area contributed by atoms with Crippen molar-refractivity contribution in [1.29, 1.82) is 0 Å². The van der Waals surface area contributed by atoms with Crippen LogP contribution in [0.4, 0.5) is 0 Å². The van der Waals surface area contributed by atoms with E-state index < -0.39 is 0 Å². The number of hydrogen-bond donors (Lipinski definition) is 1. The first kappa shape index (κ1) is 15.6. The van der Waals surface area contributed by atoms with E-state index in [-0.39, 0.29) is 5.78 Å². The van der Waals surface area contributed by atoms with E-state index in [9.17, 15) is 4.79 Å². The predicted octanol–water partition coefficient (Wildman–Crippen LogP) is 3.52. The molecule has 1 N–H and O–H groups in total. The molecule has 0 heterocycles. The first-order chi connectivity index (χ1) is 9.33. The lowest BCUT2D eigenvalue weighted by Gasteiger charge is -2.00. The van der Waals surface area contributed by atoms with Crippen molar-refractivity contribution in [3.63, 3.8) is 0 Å². The van der Waals surface area contributed by atoms with Gasteiger partial charge in [0.05, 0.1) is 0 Å². The SMILES string of the molecule is CCCCCCNC/C=C\C(=O)Cc1ccccc1. The Morgan fingerprint density at radius 2 is 1.95 bits per heavy atom. The van der Waals surface area contributed by atoms with Gasteiger partial charge in [-0.15, -0.1) is 0 Å². The van der Waals surface area contributed by atoms with E-state index in [0.29, 0.717) is 6.42 Å². The van der Waals surface area contributed by atoms with Crippen molar-refractivity contribution in [2.24, 2.45) is 0 Å². The third-order valence-corrected chi connectivity index (χ3v) is 2.99. The molecule has 0 saturated heterocycles. The number of nitrogens with one attached hydrogen (secondary N) is 1. The summed E-state index contributed by atoms with van der Waals surface area (Å²) in [5.74, 6) is 0.166. The van der Waals surface area contributed by atoms with Gasteiger partial charge in [0.15, 0.2) is 5.78 Å². The molecule has 0 atom stereocenters. The number of unbranched alkanes of at least 4 members (excludes halogenated alkanes) is 3. The van der Waals surface area contributed by atoms with Crippen LogP contribution in [-0.4, -0.2) is 18.9 Å². The lowest BCUT2D eigenvalue weighted by molar-refractivity contribution is -0.114. The monoisotopic (exact) mass is 259 g/mol. The molecule has 0 saturated carbocycles. The Labute approximate surface area is 116 Å². The van der Waals surface area contributed by atoms with Crippen LogP contribution in [0, 0.1) is 0 Å². The van der Waals surface area contributed by atoms with Gasteiger partial charge >= 0.3 is 0 Å². The van der Waals surface area contributed by atoms with E-state index in [0.717, 1.165) is 18.7 Å². The molecular weight excluding hydrogens is 234 g/mol. The molecule has 2 heteroatoms. The van der Waals surface area contributed by atoms with Crippen molar-refractivity contribution in [2.45, 2.75) is 39.0 Å². The maximum atomic E-state index is 11.7. The summed E-state index contributed by atoms with van der Waals surface area (Å²) in [5, 5.41) is 3.32. The van der Waals surface area contributed by atoms with E-state index in [2.05, 4.69) is 12.2 Å². The Bertz CT molecular complexity index is 370. The largest absolute Gasteiger partial charge is 0.313 e. The molecule has 0 aromatic heterocycles. The second-order valence-electron chi connectivity index (χ2n) is 4.80. The number of benzene rings is 1. The van der Waals surface area contributed by atoms with Gasteiger partial charge in [0.1, 0.15) is 0 Å². The van der Waals surface area contributed by atoms with Crippen LogP contribution in [0.1, 0.15) is 38.2 Å². The van der Waals surface area contributed by atoms with Crippen molar-refractivity contribution in [3.8, 4) is 0 Å². The smallest absolute Gasteiger partial charge is 0.159 e. The lowest BCUT2D eigenvalue weighted by atomic mass is 10.1. The zero-order valence-electron chi connectivity index (χ0n) is 11.9. The first-order valence-electron chi connectivity index (χ1n) is 7.27. The maximum absolute atomic E-state index is 11.7. The fourth-order valence-corrected chi connectivity index (χ4v) is 1.91. The summed E-state index contributed by atoms with van der Waals surface area (Å²) in [6.07, 6.45) is 9.20. The van der Waals surface area contributed by atoms with Gasteiger partial charge in [-0.3, -0.25) is 4.79 Å². The van der Waals surface area contributed by atoms with Crippen LogP contribution in [0.25, 0.3) is 0 Å². The lowest BCUT2D eigenvalue weighted by Crippen LogP contribution is -2.15. The van der Waals surface area contributed by atoms with Gasteiger partial charge in [-0.25, -0.2) is 0 Å².